The van der Waals surface area contributed by atoms with Gasteiger partial charge in [-0.25, -0.2) is 0 Å². The Kier molecular flexibility index (Phi) is 4.58. The first-order chi connectivity index (χ1) is 15.1. The summed E-state index contributed by atoms with van der Waals surface area (Å²) in [7, 11) is 3.29. The minimum Gasteiger partial charge on any atom is -0.493 e. The molecule has 0 bridgehead atoms. The Morgan fingerprint density at radius 1 is 1.00 bits per heavy atom. The average Bonchev–Trinajstić information content (AvgIpc) is 3.44. The van der Waals surface area contributed by atoms with Crippen molar-refractivity contribution in [2.75, 3.05) is 14.2 Å². The molecule has 31 heavy (non-hydrogen) atoms. The van der Waals surface area contributed by atoms with Gasteiger partial charge in [0.05, 0.1) is 14.2 Å². The van der Waals surface area contributed by atoms with Crippen LogP contribution in [0.2, 0.25) is 0 Å². The number of rotatable bonds is 5. The largest absolute Gasteiger partial charge is 0.493 e. The zero-order chi connectivity index (χ0) is 21.4. The normalized spacial score (nSPS) is 17.4. The Bertz CT molecular complexity index is 1260. The second-order valence-corrected chi connectivity index (χ2v) is 7.53. The van der Waals surface area contributed by atoms with Crippen LogP contribution in [-0.4, -0.2) is 34.6 Å². The van der Waals surface area contributed by atoms with Gasteiger partial charge in [-0.1, -0.05) is 53.7 Å². The fourth-order valence-corrected chi connectivity index (χ4v) is 4.23. The summed E-state index contributed by atoms with van der Waals surface area (Å²) in [6, 6.07) is 16.5. The van der Waals surface area contributed by atoms with E-state index in [1.165, 1.54) is 5.56 Å². The monoisotopic (exact) mass is 414 g/mol. The van der Waals surface area contributed by atoms with Gasteiger partial charge in [0.1, 0.15) is 0 Å². The number of benzene rings is 2. The van der Waals surface area contributed by atoms with Crippen molar-refractivity contribution in [2.24, 2.45) is 0 Å². The molecule has 0 amide bonds. The first kappa shape index (κ1) is 19.1. The molecule has 0 fully saturated rings. The van der Waals surface area contributed by atoms with E-state index in [0.717, 1.165) is 16.8 Å². The van der Waals surface area contributed by atoms with E-state index in [1.807, 2.05) is 18.2 Å². The third-order valence-corrected chi connectivity index (χ3v) is 5.79. The van der Waals surface area contributed by atoms with E-state index in [0.29, 0.717) is 35.3 Å². The van der Waals surface area contributed by atoms with E-state index in [1.54, 1.807) is 21.1 Å². The second kappa shape index (κ2) is 7.43. The summed E-state index contributed by atoms with van der Waals surface area (Å²) in [5.74, 6) is 2.39. The van der Waals surface area contributed by atoms with E-state index in [9.17, 15) is 0 Å². The van der Waals surface area contributed by atoms with Crippen LogP contribution in [0, 0.1) is 6.92 Å². The number of H-pyrrole nitrogens is 1. The molecule has 2 aromatic heterocycles. The van der Waals surface area contributed by atoms with Crippen molar-refractivity contribution in [1.82, 2.24) is 20.3 Å². The minimum atomic E-state index is -0.400. The Balaban J connectivity index is 1.66. The molecule has 2 aromatic carbocycles. The Morgan fingerprint density at radius 2 is 1.81 bits per heavy atom. The molecule has 1 aliphatic rings. The Hall–Kier alpha value is -3.87. The predicted octanol–water partition coefficient (Wildman–Crippen LogP) is 4.34. The number of aryl methyl sites for hydroxylation is 1. The number of nitrogens with zero attached hydrogens (tertiary/aromatic N) is 3. The molecule has 7 heteroatoms. The van der Waals surface area contributed by atoms with Crippen LogP contribution >= 0.6 is 0 Å². The fraction of sp³-hybridized carbons (Fsp3) is 0.208. The molecule has 0 radical (unpaired) electrons. The van der Waals surface area contributed by atoms with Crippen molar-refractivity contribution in [1.29, 1.82) is 0 Å². The topological polar surface area (TPSA) is 86.1 Å². The van der Waals surface area contributed by atoms with Crippen LogP contribution in [0.25, 0.3) is 17.7 Å². The molecule has 7 nitrogen and oxygen atoms in total. The van der Waals surface area contributed by atoms with Crippen LogP contribution in [0.4, 0.5) is 0 Å². The highest BCUT2D eigenvalue weighted by Gasteiger charge is 2.37. The maximum atomic E-state index is 5.59. The van der Waals surface area contributed by atoms with Crippen molar-refractivity contribution in [3.05, 3.63) is 82.8 Å². The summed E-state index contributed by atoms with van der Waals surface area (Å²) in [6.07, 6.45) is 4.99. The quantitative estimate of drug-likeness (QED) is 0.523. The standard InChI is InChI=1S/C24H22N4O3/c1-15-25-23(31-28-15)22-18-11-12-24(14-19(18)26-27-22,16-7-5-4-6-8-16)17-9-10-20(29-2)21(13-17)30-3/h4-13H,14H2,1-3H3,(H,26,27). The highest BCUT2D eigenvalue weighted by atomic mass is 16.5. The van der Waals surface area contributed by atoms with E-state index in [-0.39, 0.29) is 0 Å². The predicted molar refractivity (Wildman–Crippen MR) is 116 cm³/mol. The van der Waals surface area contributed by atoms with Gasteiger partial charge >= 0.3 is 0 Å². The molecule has 5 rings (SSSR count). The van der Waals surface area contributed by atoms with Crippen LogP contribution in [0.15, 0.2) is 59.1 Å². The summed E-state index contributed by atoms with van der Waals surface area (Å²) >= 11 is 0. The van der Waals surface area contributed by atoms with Crippen LogP contribution in [0.3, 0.4) is 0 Å². The summed E-state index contributed by atoms with van der Waals surface area (Å²) < 4.78 is 16.4. The molecule has 0 saturated carbocycles. The molecule has 0 aliphatic heterocycles. The van der Waals surface area contributed by atoms with Crippen LogP contribution in [0.1, 0.15) is 28.2 Å². The van der Waals surface area contributed by atoms with Crippen LogP contribution in [-0.2, 0) is 11.8 Å². The lowest BCUT2D eigenvalue weighted by Crippen LogP contribution is -2.30. The summed E-state index contributed by atoms with van der Waals surface area (Å²) in [6.45, 7) is 1.79. The van der Waals surface area contributed by atoms with Crippen molar-refractivity contribution < 1.29 is 14.0 Å². The van der Waals surface area contributed by atoms with E-state index < -0.39 is 5.41 Å². The summed E-state index contributed by atoms with van der Waals surface area (Å²) in [5, 5.41) is 11.6. The Morgan fingerprint density at radius 3 is 2.52 bits per heavy atom. The molecule has 2 heterocycles. The highest BCUT2D eigenvalue weighted by molar-refractivity contribution is 5.73. The lowest BCUT2D eigenvalue weighted by Gasteiger charge is -2.34. The van der Waals surface area contributed by atoms with Crippen molar-refractivity contribution >= 4 is 6.08 Å². The van der Waals surface area contributed by atoms with E-state index in [2.05, 4.69) is 62.8 Å². The van der Waals surface area contributed by atoms with Crippen molar-refractivity contribution in [2.45, 2.75) is 18.8 Å². The van der Waals surface area contributed by atoms with Gasteiger partial charge in [0.25, 0.3) is 5.89 Å². The van der Waals surface area contributed by atoms with Gasteiger partial charge < -0.3 is 14.0 Å². The van der Waals surface area contributed by atoms with Crippen LogP contribution < -0.4 is 9.47 Å². The molecule has 0 spiro atoms. The van der Waals surface area contributed by atoms with E-state index in [4.69, 9.17) is 14.0 Å². The Labute approximate surface area is 179 Å². The molecule has 0 saturated heterocycles. The van der Waals surface area contributed by atoms with Gasteiger partial charge in [0.2, 0.25) is 0 Å². The summed E-state index contributed by atoms with van der Waals surface area (Å²) in [4.78, 5) is 4.33. The minimum absolute atomic E-state index is 0.400. The van der Waals surface area contributed by atoms with E-state index >= 15 is 0 Å². The molecular weight excluding hydrogens is 392 g/mol. The van der Waals surface area contributed by atoms with Crippen molar-refractivity contribution in [3.63, 3.8) is 0 Å². The number of hydrogen-bond donors (Lipinski definition) is 1. The van der Waals surface area contributed by atoms with Gasteiger partial charge in [-0.2, -0.15) is 10.1 Å². The molecular formula is C24H22N4O3. The lowest BCUT2D eigenvalue weighted by atomic mass is 9.68. The third kappa shape index (κ3) is 3.09. The van der Waals surface area contributed by atoms with Crippen molar-refractivity contribution in [3.8, 4) is 23.1 Å². The number of allylic oxidation sites excluding steroid dienone is 1. The fourth-order valence-electron chi connectivity index (χ4n) is 4.23. The SMILES string of the molecule is COc1ccc(C2(c3ccccc3)C=Cc3c(-c4nc(C)no4)n[nH]c3C2)cc1OC. The molecule has 1 unspecified atom stereocenters. The molecule has 4 aromatic rings. The number of aromatic amines is 1. The number of methoxy groups -OCH3 is 2. The van der Waals surface area contributed by atoms with Gasteiger partial charge in [-0.3, -0.25) is 5.10 Å². The molecule has 1 N–H and O–H groups in total. The molecule has 156 valence electrons. The van der Waals surface area contributed by atoms with Gasteiger partial charge in [-0.15, -0.1) is 0 Å². The first-order valence-corrected chi connectivity index (χ1v) is 10.00. The van der Waals surface area contributed by atoms with Gasteiger partial charge in [0.15, 0.2) is 23.0 Å². The number of fused-ring (bicyclic) bond motifs is 1. The second-order valence-electron chi connectivity index (χ2n) is 7.53. The maximum absolute atomic E-state index is 5.59. The first-order valence-electron chi connectivity index (χ1n) is 10.00. The lowest BCUT2D eigenvalue weighted by molar-refractivity contribution is 0.354. The van der Waals surface area contributed by atoms with Gasteiger partial charge in [-0.05, 0) is 30.2 Å². The summed E-state index contributed by atoms with van der Waals surface area (Å²) in [5.41, 5.74) is 4.52. The smallest absolute Gasteiger partial charge is 0.279 e. The van der Waals surface area contributed by atoms with Gasteiger partial charge in [0, 0.05) is 23.1 Å². The number of ether oxygens (including phenoxy) is 2. The third-order valence-electron chi connectivity index (χ3n) is 5.79. The number of hydrogen-bond acceptors (Lipinski definition) is 6. The number of nitrogens with one attached hydrogen (secondary N) is 1. The maximum Gasteiger partial charge on any atom is 0.279 e. The van der Waals surface area contributed by atoms with Crippen LogP contribution in [0.5, 0.6) is 11.5 Å². The molecule has 1 atom stereocenters. The molecule has 1 aliphatic carbocycles. The highest BCUT2D eigenvalue weighted by Crippen LogP contribution is 2.44. The number of aromatic nitrogens is 4. The average molecular weight is 414 g/mol. The zero-order valence-electron chi connectivity index (χ0n) is 17.5. The zero-order valence-corrected chi connectivity index (χ0v) is 17.5.